The fourth-order valence-corrected chi connectivity index (χ4v) is 2.82. The largest absolute Gasteiger partial charge is 0.481 e. The average molecular weight is 289 g/mol. The summed E-state index contributed by atoms with van der Waals surface area (Å²) in [5.74, 6) is -0.675. The van der Waals surface area contributed by atoms with E-state index < -0.39 is 16.0 Å². The number of aliphatic carboxylic acids is 1. The molecule has 0 radical (unpaired) electrons. The quantitative estimate of drug-likeness (QED) is 0.658. The lowest BCUT2D eigenvalue weighted by atomic mass is 10.0. The summed E-state index contributed by atoms with van der Waals surface area (Å²) in [6.07, 6.45) is 2.52. The highest BCUT2D eigenvalue weighted by Crippen LogP contribution is 2.13. The average Bonchev–Trinajstić information content (AvgIpc) is 2.73. The van der Waals surface area contributed by atoms with Crippen molar-refractivity contribution in [3.63, 3.8) is 0 Å². The van der Waals surface area contributed by atoms with E-state index >= 15 is 0 Å². The molecule has 0 aromatic carbocycles. The molecule has 0 bridgehead atoms. The first-order valence-electron chi connectivity index (χ1n) is 6.04. The number of aromatic amines is 1. The molecule has 3 N–H and O–H groups in total. The van der Waals surface area contributed by atoms with Gasteiger partial charge in [-0.15, -0.1) is 0 Å². The molecule has 7 nitrogen and oxygen atoms in total. The zero-order chi connectivity index (χ0) is 14.5. The fraction of sp³-hybridized carbons (Fsp3) is 0.636. The smallest absolute Gasteiger partial charge is 0.303 e. The molecule has 0 aliphatic heterocycles. The summed E-state index contributed by atoms with van der Waals surface area (Å²) >= 11 is 0. The molecule has 0 fully saturated rings. The highest BCUT2D eigenvalue weighted by atomic mass is 32.2. The summed E-state index contributed by atoms with van der Waals surface area (Å²) in [7, 11) is -3.53. The molecule has 0 spiro atoms. The molecule has 8 heteroatoms. The molecule has 0 amide bonds. The lowest BCUT2D eigenvalue weighted by Crippen LogP contribution is -2.26. The SMILES string of the molecule is Cc1[nH]ncc1S(=O)(=O)NCCC(C)CCC(=O)O. The van der Waals surface area contributed by atoms with Crippen molar-refractivity contribution in [1.82, 2.24) is 14.9 Å². The normalized spacial score (nSPS) is 13.4. The molecule has 1 atom stereocenters. The van der Waals surface area contributed by atoms with Crippen molar-refractivity contribution in [2.75, 3.05) is 6.54 Å². The third-order valence-corrected chi connectivity index (χ3v) is 4.43. The summed E-state index contributed by atoms with van der Waals surface area (Å²) in [5.41, 5.74) is 0.492. The van der Waals surface area contributed by atoms with Gasteiger partial charge in [-0.05, 0) is 25.7 Å². The van der Waals surface area contributed by atoms with E-state index in [1.165, 1.54) is 6.20 Å². The second kappa shape index (κ2) is 6.67. The second-order valence-corrected chi connectivity index (χ2v) is 6.32. The predicted molar refractivity (Wildman–Crippen MR) is 69.2 cm³/mol. The minimum Gasteiger partial charge on any atom is -0.481 e. The Kier molecular flexibility index (Phi) is 5.49. The minimum atomic E-state index is -3.53. The number of hydrogen-bond acceptors (Lipinski definition) is 4. The van der Waals surface area contributed by atoms with Crippen LogP contribution >= 0.6 is 0 Å². The van der Waals surface area contributed by atoms with Gasteiger partial charge in [-0.25, -0.2) is 13.1 Å². The first kappa shape index (κ1) is 15.6. The molecular weight excluding hydrogens is 270 g/mol. The molecule has 19 heavy (non-hydrogen) atoms. The zero-order valence-electron chi connectivity index (χ0n) is 11.0. The van der Waals surface area contributed by atoms with Gasteiger partial charge in [0, 0.05) is 13.0 Å². The molecule has 0 aliphatic rings. The molecule has 1 unspecified atom stereocenters. The Balaban J connectivity index is 2.41. The summed E-state index contributed by atoms with van der Waals surface area (Å²) in [6.45, 7) is 3.82. The molecule has 1 heterocycles. The van der Waals surface area contributed by atoms with Crippen LogP contribution in [0.3, 0.4) is 0 Å². The molecule has 1 aromatic rings. The van der Waals surface area contributed by atoms with Crippen LogP contribution in [-0.4, -0.2) is 36.2 Å². The number of nitrogens with one attached hydrogen (secondary N) is 2. The first-order chi connectivity index (χ1) is 8.83. The van der Waals surface area contributed by atoms with Gasteiger partial charge in [0.1, 0.15) is 4.90 Å². The molecule has 0 aliphatic carbocycles. The number of sulfonamides is 1. The van der Waals surface area contributed by atoms with Crippen molar-refractivity contribution in [1.29, 1.82) is 0 Å². The van der Waals surface area contributed by atoms with E-state index in [1.54, 1.807) is 6.92 Å². The van der Waals surface area contributed by atoms with Gasteiger partial charge in [-0.1, -0.05) is 6.92 Å². The van der Waals surface area contributed by atoms with Crippen LogP contribution in [0.2, 0.25) is 0 Å². The van der Waals surface area contributed by atoms with Gasteiger partial charge >= 0.3 is 5.97 Å². The van der Waals surface area contributed by atoms with Crippen LogP contribution in [0.5, 0.6) is 0 Å². The summed E-state index contributed by atoms with van der Waals surface area (Å²) in [5, 5.41) is 14.8. The number of carboxylic acid groups (broad SMARTS) is 1. The summed E-state index contributed by atoms with van der Waals surface area (Å²) < 4.78 is 26.3. The number of aryl methyl sites for hydroxylation is 1. The van der Waals surface area contributed by atoms with E-state index in [4.69, 9.17) is 5.11 Å². The molecule has 0 saturated carbocycles. The minimum absolute atomic E-state index is 0.106. The Morgan fingerprint density at radius 3 is 2.74 bits per heavy atom. The highest BCUT2D eigenvalue weighted by Gasteiger charge is 2.18. The molecule has 108 valence electrons. The van der Waals surface area contributed by atoms with Gasteiger partial charge in [0.25, 0.3) is 0 Å². The standard InChI is InChI=1S/C11H19N3O4S/c1-8(3-4-11(15)16)5-6-13-19(17,18)10-7-12-14-9(10)2/h7-8,13H,3-6H2,1-2H3,(H,12,14)(H,15,16). The number of aromatic nitrogens is 2. The Hall–Kier alpha value is -1.41. The van der Waals surface area contributed by atoms with Crippen LogP contribution in [0.1, 0.15) is 31.9 Å². The van der Waals surface area contributed by atoms with E-state index in [0.717, 1.165) is 0 Å². The second-order valence-electron chi connectivity index (χ2n) is 4.58. The van der Waals surface area contributed by atoms with Crippen molar-refractivity contribution < 1.29 is 18.3 Å². The maximum absolute atomic E-state index is 11.9. The lowest BCUT2D eigenvalue weighted by molar-refractivity contribution is -0.137. The third kappa shape index (κ3) is 4.99. The van der Waals surface area contributed by atoms with Crippen molar-refractivity contribution in [3.05, 3.63) is 11.9 Å². The topological polar surface area (TPSA) is 112 Å². The summed E-state index contributed by atoms with van der Waals surface area (Å²) in [6, 6.07) is 0. The third-order valence-electron chi connectivity index (χ3n) is 2.85. The number of nitrogens with zero attached hydrogens (tertiary/aromatic N) is 1. The van der Waals surface area contributed by atoms with Crippen LogP contribution in [0, 0.1) is 12.8 Å². The maximum Gasteiger partial charge on any atom is 0.303 e. The van der Waals surface area contributed by atoms with E-state index in [9.17, 15) is 13.2 Å². The van der Waals surface area contributed by atoms with Gasteiger partial charge in [0.2, 0.25) is 10.0 Å². The summed E-state index contributed by atoms with van der Waals surface area (Å²) in [4.78, 5) is 10.6. The van der Waals surface area contributed by atoms with Gasteiger partial charge in [-0.3, -0.25) is 9.89 Å². The van der Waals surface area contributed by atoms with E-state index in [0.29, 0.717) is 18.5 Å². The monoisotopic (exact) mass is 289 g/mol. The van der Waals surface area contributed by atoms with Gasteiger partial charge in [0.15, 0.2) is 0 Å². The van der Waals surface area contributed by atoms with E-state index in [2.05, 4.69) is 14.9 Å². The van der Waals surface area contributed by atoms with Crippen LogP contribution < -0.4 is 4.72 Å². The van der Waals surface area contributed by atoms with Crippen molar-refractivity contribution in [2.45, 2.75) is 38.0 Å². The molecule has 1 rings (SSSR count). The van der Waals surface area contributed by atoms with E-state index in [-0.39, 0.29) is 23.8 Å². The number of carboxylic acids is 1. The van der Waals surface area contributed by atoms with Crippen LogP contribution in [-0.2, 0) is 14.8 Å². The van der Waals surface area contributed by atoms with Crippen molar-refractivity contribution >= 4 is 16.0 Å². The Bertz CT molecular complexity index is 524. The van der Waals surface area contributed by atoms with Crippen LogP contribution in [0.15, 0.2) is 11.1 Å². The Labute approximate surface area is 112 Å². The number of hydrogen-bond donors (Lipinski definition) is 3. The van der Waals surface area contributed by atoms with Gasteiger partial charge < -0.3 is 5.11 Å². The van der Waals surface area contributed by atoms with Gasteiger partial charge in [0.05, 0.1) is 11.9 Å². The van der Waals surface area contributed by atoms with Crippen LogP contribution in [0.4, 0.5) is 0 Å². The Morgan fingerprint density at radius 2 is 2.21 bits per heavy atom. The Morgan fingerprint density at radius 1 is 1.53 bits per heavy atom. The van der Waals surface area contributed by atoms with Gasteiger partial charge in [-0.2, -0.15) is 5.10 Å². The molecule has 0 saturated heterocycles. The predicted octanol–water partition coefficient (Wildman–Crippen LogP) is 0.887. The van der Waals surface area contributed by atoms with Crippen molar-refractivity contribution in [2.24, 2.45) is 5.92 Å². The fourth-order valence-electron chi connectivity index (χ4n) is 1.64. The van der Waals surface area contributed by atoms with E-state index in [1.807, 2.05) is 6.92 Å². The first-order valence-corrected chi connectivity index (χ1v) is 7.52. The highest BCUT2D eigenvalue weighted by molar-refractivity contribution is 7.89. The van der Waals surface area contributed by atoms with Crippen LogP contribution in [0.25, 0.3) is 0 Å². The van der Waals surface area contributed by atoms with Crippen molar-refractivity contribution in [3.8, 4) is 0 Å². The molecule has 1 aromatic heterocycles. The number of carbonyl (C=O) groups is 1. The number of rotatable bonds is 8. The maximum atomic E-state index is 11.9. The molecular formula is C11H19N3O4S. The lowest BCUT2D eigenvalue weighted by Gasteiger charge is -2.10. The number of H-pyrrole nitrogens is 1. The zero-order valence-corrected chi connectivity index (χ0v) is 11.8.